The summed E-state index contributed by atoms with van der Waals surface area (Å²) in [6, 6.07) is 37.2. The molecule has 8 N–H and O–H groups in total. The molecule has 0 spiro atoms. The molecule has 348 valence electrons. The Morgan fingerprint density at radius 1 is 0.514 bits per heavy atom. The first-order chi connectivity index (χ1) is 33.1. The molecular formula is C51H32ClF6N9O3. The normalized spacial score (nSPS) is 11.2. The van der Waals surface area contributed by atoms with Gasteiger partial charge in [0.15, 0.2) is 0 Å². The SMILES string of the molecule is Cn1c(C(N)=O)cc2cc(C#N)cc(-c3ccc(C(F)(F)F)cc3)c21.N#Cc1cc(-c2ccc(C(F)(F)F)cc2)c2[nH]c(C(N)=O)cc2c1.N#Cc1cc(-c2ccc(Cl)cc2)c2[nH]c(C(N)=O)cc2c1. The van der Waals surface area contributed by atoms with Gasteiger partial charge in [-0.05, 0) is 108 Å². The highest BCUT2D eigenvalue weighted by atomic mass is 35.5. The maximum atomic E-state index is 12.8. The third-order valence-electron chi connectivity index (χ3n) is 11.0. The number of fused-ring (bicyclic) bond motifs is 3. The molecule has 0 saturated heterocycles. The van der Waals surface area contributed by atoms with Crippen LogP contribution in [0.4, 0.5) is 26.3 Å². The van der Waals surface area contributed by atoms with Crippen molar-refractivity contribution in [2.75, 3.05) is 0 Å². The zero-order valence-electron chi connectivity index (χ0n) is 36.0. The second-order valence-corrected chi connectivity index (χ2v) is 15.9. The molecule has 19 heteroatoms. The lowest BCUT2D eigenvalue weighted by atomic mass is 9.99. The number of aryl methyl sites for hydroxylation is 1. The number of nitrogens with two attached hydrogens (primary N) is 3. The average Bonchev–Trinajstić information content (AvgIpc) is 4.07. The third kappa shape index (κ3) is 10.2. The summed E-state index contributed by atoms with van der Waals surface area (Å²) in [5.74, 6) is -1.83. The Morgan fingerprint density at radius 3 is 1.23 bits per heavy atom. The molecule has 70 heavy (non-hydrogen) atoms. The molecule has 0 fully saturated rings. The summed E-state index contributed by atoms with van der Waals surface area (Å²) >= 11 is 5.90. The van der Waals surface area contributed by atoms with E-state index in [1.165, 1.54) is 30.3 Å². The maximum Gasteiger partial charge on any atom is 0.416 e. The first-order valence-electron chi connectivity index (χ1n) is 20.3. The van der Waals surface area contributed by atoms with E-state index in [9.17, 15) is 46.0 Å². The summed E-state index contributed by atoms with van der Waals surface area (Å²) in [4.78, 5) is 40.1. The highest BCUT2D eigenvalue weighted by molar-refractivity contribution is 6.30. The van der Waals surface area contributed by atoms with E-state index in [4.69, 9.17) is 39.3 Å². The van der Waals surface area contributed by atoms with Crippen molar-refractivity contribution in [3.63, 3.8) is 0 Å². The molecule has 9 rings (SSSR count). The molecule has 3 aromatic heterocycles. The fourth-order valence-electron chi connectivity index (χ4n) is 7.67. The Hall–Kier alpha value is -9.31. The number of rotatable bonds is 6. The molecule has 0 radical (unpaired) electrons. The standard InChI is InChI=1S/C18H12F3N3O.C17H10F3N3O.C16H10ClN3O/c1-24-15(17(23)25)8-12-6-10(9-22)7-14(16(12)24)11-2-4-13(5-3-11)18(19,20)21;18-17(19,20)12-3-1-10(2-4-12)13-6-9(8-21)5-11-7-14(16(22)24)23-15(11)13;17-12-3-1-10(2-4-12)13-6-9(8-18)5-11-7-14(16(19)21)20-15(11)13/h2-8H,1H3,(H2,23,25);1-7,23H,(H2,22,24);1-7,20H,(H2,19,21). The van der Waals surface area contributed by atoms with Crippen LogP contribution in [0.5, 0.6) is 0 Å². The fraction of sp³-hybridized carbons (Fsp3) is 0.0588. The Bertz CT molecular complexity index is 3660. The summed E-state index contributed by atoms with van der Waals surface area (Å²) in [6.45, 7) is 0. The van der Waals surface area contributed by atoms with Gasteiger partial charge >= 0.3 is 12.4 Å². The van der Waals surface area contributed by atoms with Crippen LogP contribution in [-0.2, 0) is 19.4 Å². The van der Waals surface area contributed by atoms with Gasteiger partial charge in [-0.2, -0.15) is 42.1 Å². The van der Waals surface area contributed by atoms with Gasteiger partial charge in [0.1, 0.15) is 17.1 Å². The van der Waals surface area contributed by atoms with E-state index in [0.717, 1.165) is 46.3 Å². The maximum absolute atomic E-state index is 12.8. The number of aromatic amines is 2. The number of alkyl halides is 6. The number of amides is 3. The van der Waals surface area contributed by atoms with Crippen LogP contribution in [0.15, 0.2) is 127 Å². The molecule has 0 aliphatic carbocycles. The van der Waals surface area contributed by atoms with E-state index in [1.54, 1.807) is 72.3 Å². The van der Waals surface area contributed by atoms with Crippen LogP contribution in [-0.4, -0.2) is 32.3 Å². The molecule has 3 amide bonds. The van der Waals surface area contributed by atoms with Gasteiger partial charge in [0.25, 0.3) is 17.7 Å². The van der Waals surface area contributed by atoms with Crippen LogP contribution in [0.3, 0.4) is 0 Å². The lowest BCUT2D eigenvalue weighted by Gasteiger charge is -2.11. The number of hydrogen-bond donors (Lipinski definition) is 5. The predicted molar refractivity (Wildman–Crippen MR) is 251 cm³/mol. The van der Waals surface area contributed by atoms with Gasteiger partial charge < -0.3 is 31.7 Å². The number of primary amides is 3. The molecule has 0 unspecified atom stereocenters. The van der Waals surface area contributed by atoms with Crippen LogP contribution >= 0.6 is 11.6 Å². The van der Waals surface area contributed by atoms with Gasteiger partial charge in [0.2, 0.25) is 0 Å². The van der Waals surface area contributed by atoms with Gasteiger partial charge in [-0.1, -0.05) is 48.0 Å². The largest absolute Gasteiger partial charge is 0.416 e. The van der Waals surface area contributed by atoms with Crippen LogP contribution < -0.4 is 17.2 Å². The van der Waals surface area contributed by atoms with Crippen molar-refractivity contribution in [3.8, 4) is 51.6 Å². The number of aromatic nitrogens is 3. The van der Waals surface area contributed by atoms with Crippen molar-refractivity contribution in [2.45, 2.75) is 12.4 Å². The Morgan fingerprint density at radius 2 is 0.871 bits per heavy atom. The number of nitrogens with zero attached hydrogens (tertiary/aromatic N) is 4. The second-order valence-electron chi connectivity index (χ2n) is 15.5. The summed E-state index contributed by atoms with van der Waals surface area (Å²) in [7, 11) is 1.64. The summed E-state index contributed by atoms with van der Waals surface area (Å²) < 4.78 is 77.9. The topological polar surface area (TPSA) is 237 Å². The highest BCUT2D eigenvalue weighted by Gasteiger charge is 2.31. The van der Waals surface area contributed by atoms with Crippen molar-refractivity contribution in [2.24, 2.45) is 24.2 Å². The Kier molecular flexibility index (Phi) is 13.3. The van der Waals surface area contributed by atoms with Crippen molar-refractivity contribution >= 4 is 62.0 Å². The second kappa shape index (κ2) is 19.1. The minimum absolute atomic E-state index is 0.160. The number of benzene rings is 6. The molecule has 0 saturated carbocycles. The number of halogens is 7. The molecule has 9 aromatic rings. The molecular weight excluding hydrogens is 936 g/mol. The zero-order chi connectivity index (χ0) is 50.8. The summed E-state index contributed by atoms with van der Waals surface area (Å²) in [6.07, 6.45) is -8.85. The Balaban J connectivity index is 0.000000155. The predicted octanol–water partition coefficient (Wildman–Crippen LogP) is 11.1. The van der Waals surface area contributed by atoms with Crippen molar-refractivity contribution in [1.82, 2.24) is 14.5 Å². The average molecular weight is 968 g/mol. The first kappa shape index (κ1) is 48.6. The lowest BCUT2D eigenvalue weighted by molar-refractivity contribution is -0.138. The minimum atomic E-state index is -4.42. The van der Waals surface area contributed by atoms with E-state index in [1.807, 2.05) is 24.3 Å². The van der Waals surface area contributed by atoms with Gasteiger partial charge in [-0.3, -0.25) is 14.4 Å². The smallest absolute Gasteiger partial charge is 0.364 e. The number of carbonyl (C=O) groups excluding carboxylic acids is 3. The molecule has 0 aliphatic heterocycles. The lowest BCUT2D eigenvalue weighted by Crippen LogP contribution is -2.15. The molecule has 0 bridgehead atoms. The Labute approximate surface area is 397 Å². The van der Waals surface area contributed by atoms with E-state index >= 15 is 0 Å². The fourth-order valence-corrected chi connectivity index (χ4v) is 7.80. The number of hydrogen-bond acceptors (Lipinski definition) is 6. The summed E-state index contributed by atoms with van der Waals surface area (Å²) in [5.41, 5.74) is 22.0. The van der Waals surface area contributed by atoms with Gasteiger partial charge in [-0.15, -0.1) is 0 Å². The summed E-state index contributed by atoms with van der Waals surface area (Å²) in [5, 5.41) is 30.1. The van der Waals surface area contributed by atoms with Crippen LogP contribution in [0.1, 0.15) is 59.3 Å². The monoisotopic (exact) mass is 967 g/mol. The first-order valence-corrected chi connectivity index (χ1v) is 20.7. The molecule has 0 atom stereocenters. The van der Waals surface area contributed by atoms with Gasteiger partial charge in [0, 0.05) is 44.9 Å². The van der Waals surface area contributed by atoms with Crippen molar-refractivity contribution in [1.29, 1.82) is 15.8 Å². The van der Waals surface area contributed by atoms with Crippen LogP contribution in [0.25, 0.3) is 66.1 Å². The van der Waals surface area contributed by atoms with E-state index < -0.39 is 41.2 Å². The number of carbonyl (C=O) groups is 3. The van der Waals surface area contributed by atoms with E-state index in [2.05, 4.69) is 16.0 Å². The number of nitriles is 3. The van der Waals surface area contributed by atoms with Crippen molar-refractivity contribution < 1.29 is 40.7 Å². The number of H-pyrrole nitrogens is 2. The van der Waals surface area contributed by atoms with E-state index in [0.29, 0.717) is 71.5 Å². The number of nitrogens with one attached hydrogen (secondary N) is 2. The molecule has 0 aliphatic rings. The van der Waals surface area contributed by atoms with Crippen molar-refractivity contribution in [3.05, 3.63) is 177 Å². The quantitative estimate of drug-likeness (QED) is 0.102. The molecule has 6 aromatic carbocycles. The van der Waals surface area contributed by atoms with E-state index in [-0.39, 0.29) is 11.4 Å². The van der Waals surface area contributed by atoms with Crippen LogP contribution in [0, 0.1) is 34.0 Å². The van der Waals surface area contributed by atoms with Gasteiger partial charge in [0.05, 0.1) is 62.6 Å². The third-order valence-corrected chi connectivity index (χ3v) is 11.2. The highest BCUT2D eigenvalue weighted by Crippen LogP contribution is 2.37. The van der Waals surface area contributed by atoms with Crippen LogP contribution in [0.2, 0.25) is 5.02 Å². The van der Waals surface area contributed by atoms with Gasteiger partial charge in [-0.25, -0.2) is 0 Å². The zero-order valence-corrected chi connectivity index (χ0v) is 36.8. The molecule has 3 heterocycles. The minimum Gasteiger partial charge on any atom is -0.364 e. The molecule has 12 nitrogen and oxygen atoms in total.